The zero-order valence-electron chi connectivity index (χ0n) is 20.8. The third-order valence-corrected chi connectivity index (χ3v) is 6.97. The number of amides is 1. The lowest BCUT2D eigenvalue weighted by Gasteiger charge is -2.29. The smallest absolute Gasteiger partial charge is 0.226 e. The molecule has 0 unspecified atom stereocenters. The molecule has 7 nitrogen and oxygen atoms in total. The van der Waals surface area contributed by atoms with Crippen LogP contribution in [0.15, 0.2) is 91.3 Å². The van der Waals surface area contributed by atoms with Crippen LogP contribution in [0.3, 0.4) is 0 Å². The minimum Gasteiger partial charge on any atom is -0.495 e. The lowest BCUT2D eigenvalue weighted by atomic mass is 10.0. The summed E-state index contributed by atoms with van der Waals surface area (Å²) in [4.78, 5) is 19.7. The number of hydrogen-bond donors (Lipinski definition) is 2. The molecule has 1 aliphatic heterocycles. The molecule has 4 aromatic rings. The number of nitrogens with zero attached hydrogens (tertiary/aromatic N) is 3. The predicted molar refractivity (Wildman–Crippen MR) is 149 cm³/mol. The fourth-order valence-corrected chi connectivity index (χ4v) is 5.17. The molecule has 2 aromatic heterocycles. The van der Waals surface area contributed by atoms with E-state index in [0.717, 1.165) is 17.1 Å². The highest BCUT2D eigenvalue weighted by molar-refractivity contribution is 7.80. The largest absolute Gasteiger partial charge is 0.495 e. The van der Waals surface area contributed by atoms with Gasteiger partial charge in [-0.25, -0.2) is 0 Å². The van der Waals surface area contributed by atoms with Crippen molar-refractivity contribution in [3.8, 4) is 11.4 Å². The number of thiocarbonyl (C=S) groups is 1. The summed E-state index contributed by atoms with van der Waals surface area (Å²) in [5.74, 6) is 0.514. The maximum atomic E-state index is 12.9. The lowest BCUT2D eigenvalue weighted by Crippen LogP contribution is -2.33. The molecule has 37 heavy (non-hydrogen) atoms. The molecule has 0 bridgehead atoms. The summed E-state index contributed by atoms with van der Waals surface area (Å²) in [6, 6.07) is 25.4. The molecule has 0 spiro atoms. The van der Waals surface area contributed by atoms with Crippen molar-refractivity contribution in [1.29, 1.82) is 0 Å². The van der Waals surface area contributed by atoms with E-state index in [2.05, 4.69) is 56.4 Å². The Hall–Kier alpha value is -4.17. The number of anilines is 1. The molecular formula is C29H29N5O2S. The number of aromatic nitrogens is 2. The highest BCUT2D eigenvalue weighted by Crippen LogP contribution is 2.40. The third kappa shape index (κ3) is 5.06. The molecule has 2 atom stereocenters. The number of rotatable bonds is 8. The van der Waals surface area contributed by atoms with Crippen molar-refractivity contribution in [2.45, 2.75) is 25.4 Å². The number of pyridine rings is 1. The van der Waals surface area contributed by atoms with Gasteiger partial charge in [-0.3, -0.25) is 9.78 Å². The van der Waals surface area contributed by atoms with Crippen LogP contribution < -0.4 is 15.4 Å². The number of hydrogen-bond acceptors (Lipinski definition) is 4. The Morgan fingerprint density at radius 3 is 2.62 bits per heavy atom. The van der Waals surface area contributed by atoms with Gasteiger partial charge in [0, 0.05) is 36.7 Å². The van der Waals surface area contributed by atoms with Crippen LogP contribution in [0.4, 0.5) is 5.69 Å². The van der Waals surface area contributed by atoms with Gasteiger partial charge in [0.1, 0.15) is 5.75 Å². The van der Waals surface area contributed by atoms with Gasteiger partial charge in [0.05, 0.1) is 30.6 Å². The maximum absolute atomic E-state index is 12.9. The van der Waals surface area contributed by atoms with E-state index in [-0.39, 0.29) is 24.4 Å². The van der Waals surface area contributed by atoms with Crippen molar-refractivity contribution >= 4 is 28.9 Å². The Kier molecular flexibility index (Phi) is 7.18. The SMILES string of the molecule is COc1ccccc1NC(=O)CCN1C(=S)N[C@@H](c2ccccn2)[C@H]1c1cccn1-c1ccccc1C. The zero-order chi connectivity index (χ0) is 25.8. The first-order valence-corrected chi connectivity index (χ1v) is 12.6. The Morgan fingerprint density at radius 2 is 1.84 bits per heavy atom. The molecular weight excluding hydrogens is 482 g/mol. The van der Waals surface area contributed by atoms with Crippen LogP contribution in [-0.4, -0.2) is 39.1 Å². The summed E-state index contributed by atoms with van der Waals surface area (Å²) in [6.45, 7) is 2.55. The highest BCUT2D eigenvalue weighted by Gasteiger charge is 2.41. The van der Waals surface area contributed by atoms with E-state index in [4.69, 9.17) is 17.0 Å². The van der Waals surface area contributed by atoms with Crippen LogP contribution in [0.5, 0.6) is 5.75 Å². The van der Waals surface area contributed by atoms with Gasteiger partial charge < -0.3 is 24.8 Å². The molecule has 0 aliphatic carbocycles. The zero-order valence-corrected chi connectivity index (χ0v) is 21.6. The van der Waals surface area contributed by atoms with Gasteiger partial charge in [0.15, 0.2) is 5.11 Å². The van der Waals surface area contributed by atoms with Gasteiger partial charge in [0.2, 0.25) is 5.91 Å². The second-order valence-corrected chi connectivity index (χ2v) is 9.29. The highest BCUT2D eigenvalue weighted by atomic mass is 32.1. The van der Waals surface area contributed by atoms with E-state index in [1.165, 1.54) is 5.56 Å². The van der Waals surface area contributed by atoms with Crippen LogP contribution in [0, 0.1) is 6.92 Å². The van der Waals surface area contributed by atoms with Gasteiger partial charge in [-0.05, 0) is 67.2 Å². The van der Waals surface area contributed by atoms with E-state index < -0.39 is 0 Å². The minimum absolute atomic E-state index is 0.110. The minimum atomic E-state index is -0.163. The van der Waals surface area contributed by atoms with Crippen LogP contribution in [0.2, 0.25) is 0 Å². The number of carbonyl (C=O) groups is 1. The topological polar surface area (TPSA) is 71.4 Å². The average molecular weight is 512 g/mol. The van der Waals surface area contributed by atoms with E-state index in [9.17, 15) is 4.79 Å². The fourth-order valence-electron chi connectivity index (χ4n) is 4.84. The summed E-state index contributed by atoms with van der Waals surface area (Å²) in [7, 11) is 1.59. The monoisotopic (exact) mass is 511 g/mol. The first kappa shape index (κ1) is 24.5. The molecule has 2 aromatic carbocycles. The van der Waals surface area contributed by atoms with Gasteiger partial charge in [0.25, 0.3) is 0 Å². The third-order valence-electron chi connectivity index (χ3n) is 6.62. The van der Waals surface area contributed by atoms with Crippen LogP contribution in [0.1, 0.15) is 35.5 Å². The summed E-state index contributed by atoms with van der Waals surface area (Å²) in [6.07, 6.45) is 4.12. The van der Waals surface area contributed by atoms with Crippen LogP contribution in [0.25, 0.3) is 5.69 Å². The number of ether oxygens (including phenoxy) is 1. The molecule has 0 saturated carbocycles. The maximum Gasteiger partial charge on any atom is 0.226 e. The second kappa shape index (κ2) is 10.8. The molecule has 3 heterocycles. The lowest BCUT2D eigenvalue weighted by molar-refractivity contribution is -0.116. The number of nitrogens with one attached hydrogen (secondary N) is 2. The van der Waals surface area contributed by atoms with Crippen molar-refractivity contribution in [3.63, 3.8) is 0 Å². The van der Waals surface area contributed by atoms with Gasteiger partial charge in [-0.1, -0.05) is 36.4 Å². The summed E-state index contributed by atoms with van der Waals surface area (Å²) >= 11 is 5.80. The summed E-state index contributed by atoms with van der Waals surface area (Å²) < 4.78 is 7.57. The number of benzene rings is 2. The Bertz CT molecular complexity index is 1400. The van der Waals surface area contributed by atoms with Crippen molar-refractivity contribution in [3.05, 3.63) is 108 Å². The quantitative estimate of drug-likeness (QED) is 0.317. The van der Waals surface area contributed by atoms with Gasteiger partial charge in [-0.2, -0.15) is 0 Å². The first-order chi connectivity index (χ1) is 18.1. The standard InChI is InChI=1S/C29H29N5O2S/c1-20-10-3-5-13-23(20)33-18-9-14-24(33)28-27(22-12-7-8-17-30-22)32-29(37)34(28)19-16-26(35)31-21-11-4-6-15-25(21)36-2/h3-15,17-18,27-28H,16,19H2,1-2H3,(H,31,35)(H,32,37)/t27-,28+/m0/s1. The average Bonchev–Trinajstić information content (AvgIpc) is 3.52. The number of para-hydroxylation sites is 3. The van der Waals surface area contributed by atoms with E-state index in [1.807, 2.05) is 60.7 Å². The van der Waals surface area contributed by atoms with Gasteiger partial charge >= 0.3 is 0 Å². The van der Waals surface area contributed by atoms with Crippen molar-refractivity contribution in [1.82, 2.24) is 19.8 Å². The molecule has 1 amide bonds. The van der Waals surface area contributed by atoms with E-state index >= 15 is 0 Å². The summed E-state index contributed by atoms with van der Waals surface area (Å²) in [5.41, 5.74) is 4.89. The Labute approximate surface area is 222 Å². The number of carbonyl (C=O) groups excluding carboxylic acids is 1. The number of aryl methyl sites for hydroxylation is 1. The first-order valence-electron chi connectivity index (χ1n) is 12.2. The van der Waals surface area contributed by atoms with Crippen molar-refractivity contribution in [2.24, 2.45) is 0 Å². The van der Waals surface area contributed by atoms with E-state index in [0.29, 0.717) is 23.1 Å². The van der Waals surface area contributed by atoms with Gasteiger partial charge in [-0.15, -0.1) is 0 Å². The molecule has 188 valence electrons. The molecule has 1 aliphatic rings. The number of methoxy groups -OCH3 is 1. The molecule has 2 N–H and O–H groups in total. The molecule has 5 rings (SSSR count). The van der Waals surface area contributed by atoms with Crippen LogP contribution in [-0.2, 0) is 4.79 Å². The Balaban J connectivity index is 1.45. The Morgan fingerprint density at radius 1 is 1.05 bits per heavy atom. The molecule has 8 heteroatoms. The van der Waals surface area contributed by atoms with Crippen molar-refractivity contribution < 1.29 is 9.53 Å². The normalized spacial score (nSPS) is 16.9. The molecule has 1 fully saturated rings. The fraction of sp³-hybridized carbons (Fsp3) is 0.207. The molecule has 0 radical (unpaired) electrons. The molecule has 1 saturated heterocycles. The van der Waals surface area contributed by atoms with Crippen molar-refractivity contribution in [2.75, 3.05) is 19.0 Å². The van der Waals surface area contributed by atoms with Crippen LogP contribution >= 0.6 is 12.2 Å². The second-order valence-electron chi connectivity index (χ2n) is 8.91. The summed E-state index contributed by atoms with van der Waals surface area (Å²) in [5, 5.41) is 7.04. The van der Waals surface area contributed by atoms with E-state index in [1.54, 1.807) is 13.3 Å². The predicted octanol–water partition coefficient (Wildman–Crippen LogP) is 5.19.